The first kappa shape index (κ1) is 21.9. The Hall–Kier alpha value is -3.35. The molecule has 7 nitrogen and oxygen atoms in total. The maximum Gasteiger partial charge on any atom is 0.243 e. The summed E-state index contributed by atoms with van der Waals surface area (Å²) in [7, 11) is 0. The number of hydrogen-bond acceptors (Lipinski definition) is 4. The van der Waals surface area contributed by atoms with Crippen LogP contribution in [-0.2, 0) is 14.4 Å². The zero-order valence-corrected chi connectivity index (χ0v) is 17.1. The van der Waals surface area contributed by atoms with Crippen molar-refractivity contribution in [1.82, 2.24) is 0 Å². The van der Waals surface area contributed by atoms with Crippen molar-refractivity contribution in [2.75, 3.05) is 27.8 Å². The fourth-order valence-corrected chi connectivity index (χ4v) is 2.58. The molecule has 0 radical (unpaired) electrons. The molecule has 7 heteroatoms. The van der Waals surface area contributed by atoms with E-state index in [1.165, 1.54) is 0 Å². The smallest absolute Gasteiger partial charge is 0.243 e. The summed E-state index contributed by atoms with van der Waals surface area (Å²) >= 11 is 0. The molecule has 0 atom stereocenters. The van der Waals surface area contributed by atoms with Crippen LogP contribution in [0.1, 0.15) is 38.7 Å². The van der Waals surface area contributed by atoms with Gasteiger partial charge in [-0.15, -0.1) is 0 Å². The zero-order valence-electron chi connectivity index (χ0n) is 17.1. The zero-order chi connectivity index (χ0) is 21.2. The van der Waals surface area contributed by atoms with E-state index in [2.05, 4.69) is 21.3 Å². The van der Waals surface area contributed by atoms with Crippen molar-refractivity contribution < 1.29 is 14.4 Å². The number of rotatable bonds is 9. The van der Waals surface area contributed by atoms with Crippen molar-refractivity contribution in [3.63, 3.8) is 0 Å². The third-order valence-corrected chi connectivity index (χ3v) is 4.22. The van der Waals surface area contributed by atoms with Gasteiger partial charge < -0.3 is 21.3 Å². The number of hydrogen-bond donors (Lipinski definition) is 4. The third-order valence-electron chi connectivity index (χ3n) is 4.22. The lowest BCUT2D eigenvalue weighted by atomic mass is 10.1. The molecular formula is C22H28N4O3. The van der Waals surface area contributed by atoms with Crippen LogP contribution < -0.4 is 21.3 Å². The van der Waals surface area contributed by atoms with Gasteiger partial charge in [-0.05, 0) is 55.3 Å². The monoisotopic (exact) mass is 396 g/mol. The molecule has 4 N–H and O–H groups in total. The van der Waals surface area contributed by atoms with E-state index in [-0.39, 0.29) is 24.3 Å². The molecule has 2 aromatic carbocycles. The van der Waals surface area contributed by atoms with Crippen LogP contribution in [0.5, 0.6) is 0 Å². The molecule has 0 spiro atoms. The van der Waals surface area contributed by atoms with Gasteiger partial charge in [0.25, 0.3) is 0 Å². The largest absolute Gasteiger partial charge is 0.376 e. The lowest BCUT2D eigenvalue weighted by Crippen LogP contribution is -2.22. The predicted molar refractivity (Wildman–Crippen MR) is 117 cm³/mol. The molecule has 154 valence electrons. The molecule has 0 aliphatic heterocycles. The number of amides is 3. The molecular weight excluding hydrogens is 368 g/mol. The molecule has 0 fully saturated rings. The topological polar surface area (TPSA) is 99.3 Å². The van der Waals surface area contributed by atoms with E-state index in [0.717, 1.165) is 23.4 Å². The Morgan fingerprint density at radius 3 is 2.03 bits per heavy atom. The molecule has 0 aromatic heterocycles. The maximum atomic E-state index is 12.2. The quantitative estimate of drug-likeness (QED) is 0.512. The van der Waals surface area contributed by atoms with E-state index in [9.17, 15) is 14.4 Å². The number of aryl methyl sites for hydroxylation is 1. The first-order valence-corrected chi connectivity index (χ1v) is 9.75. The SMILES string of the molecule is CCCC(=O)Nc1ccc(NCC(=O)Nc2ccc(C)c(NC(=O)CC)c2)cc1. The molecule has 0 unspecified atom stereocenters. The standard InChI is InChI=1S/C22H28N4O3/c1-4-6-21(28)24-17-11-9-16(10-12-17)23-14-22(29)25-18-8-7-15(3)19(13-18)26-20(27)5-2/h7-13,23H,4-6,14H2,1-3H3,(H,24,28)(H,25,29)(H,26,27). The van der Waals surface area contributed by atoms with E-state index in [4.69, 9.17) is 0 Å². The Kier molecular flexibility index (Phi) is 8.21. The second-order valence-corrected chi connectivity index (χ2v) is 6.71. The molecule has 0 aliphatic rings. The molecule has 0 heterocycles. The maximum absolute atomic E-state index is 12.2. The number of nitrogens with one attached hydrogen (secondary N) is 4. The highest BCUT2D eigenvalue weighted by molar-refractivity contribution is 5.96. The summed E-state index contributed by atoms with van der Waals surface area (Å²) in [4.78, 5) is 35.4. The minimum absolute atomic E-state index is 0.0137. The van der Waals surface area contributed by atoms with Gasteiger partial charge in [0.1, 0.15) is 0 Å². The second kappa shape index (κ2) is 10.8. The van der Waals surface area contributed by atoms with Gasteiger partial charge in [-0.2, -0.15) is 0 Å². The minimum Gasteiger partial charge on any atom is -0.376 e. The third kappa shape index (κ3) is 7.29. The molecule has 29 heavy (non-hydrogen) atoms. The molecule has 0 saturated carbocycles. The molecule has 0 aliphatic carbocycles. The Morgan fingerprint density at radius 1 is 0.759 bits per heavy atom. The molecule has 2 rings (SSSR count). The summed E-state index contributed by atoms with van der Waals surface area (Å²) in [6, 6.07) is 12.6. The Bertz CT molecular complexity index is 863. The van der Waals surface area contributed by atoms with Crippen LogP contribution in [-0.4, -0.2) is 24.3 Å². The van der Waals surface area contributed by atoms with Gasteiger partial charge in [-0.1, -0.05) is 19.9 Å². The Labute approximate surface area is 171 Å². The van der Waals surface area contributed by atoms with E-state index in [1.54, 1.807) is 43.3 Å². The minimum atomic E-state index is -0.207. The number of benzene rings is 2. The predicted octanol–water partition coefficient (Wildman–Crippen LogP) is 4.13. The summed E-state index contributed by atoms with van der Waals surface area (Å²) in [5.41, 5.74) is 3.72. The first-order valence-electron chi connectivity index (χ1n) is 9.75. The lowest BCUT2D eigenvalue weighted by molar-refractivity contribution is -0.116. The average molecular weight is 396 g/mol. The number of anilines is 4. The highest BCUT2D eigenvalue weighted by Gasteiger charge is 2.07. The lowest BCUT2D eigenvalue weighted by Gasteiger charge is -2.12. The summed E-state index contributed by atoms with van der Waals surface area (Å²) in [6.45, 7) is 5.72. The van der Waals surface area contributed by atoms with Crippen molar-refractivity contribution >= 4 is 40.5 Å². The van der Waals surface area contributed by atoms with E-state index in [1.807, 2.05) is 19.9 Å². The fraction of sp³-hybridized carbons (Fsp3) is 0.318. The summed E-state index contributed by atoms with van der Waals surface area (Å²) in [6.07, 6.45) is 1.68. The van der Waals surface area contributed by atoms with Gasteiger partial charge in [0, 0.05) is 35.6 Å². The normalized spacial score (nSPS) is 10.2. The van der Waals surface area contributed by atoms with Crippen molar-refractivity contribution in [1.29, 1.82) is 0 Å². The number of carbonyl (C=O) groups is 3. The van der Waals surface area contributed by atoms with Gasteiger partial charge in [0.15, 0.2) is 0 Å². The van der Waals surface area contributed by atoms with Gasteiger partial charge in [-0.3, -0.25) is 14.4 Å². The van der Waals surface area contributed by atoms with Gasteiger partial charge in [0.05, 0.1) is 6.54 Å². The van der Waals surface area contributed by atoms with Crippen LogP contribution in [0.25, 0.3) is 0 Å². The van der Waals surface area contributed by atoms with Crippen molar-refractivity contribution in [3.05, 3.63) is 48.0 Å². The van der Waals surface area contributed by atoms with Crippen molar-refractivity contribution in [2.24, 2.45) is 0 Å². The van der Waals surface area contributed by atoms with Crippen LogP contribution in [0, 0.1) is 6.92 Å². The molecule has 0 bridgehead atoms. The Morgan fingerprint density at radius 2 is 1.38 bits per heavy atom. The summed E-state index contributed by atoms with van der Waals surface area (Å²) in [5, 5.41) is 11.5. The van der Waals surface area contributed by atoms with Crippen LogP contribution in [0.15, 0.2) is 42.5 Å². The van der Waals surface area contributed by atoms with Gasteiger partial charge in [-0.25, -0.2) is 0 Å². The molecule has 2 aromatic rings. The van der Waals surface area contributed by atoms with Gasteiger partial charge >= 0.3 is 0 Å². The Balaban J connectivity index is 1.87. The van der Waals surface area contributed by atoms with Crippen LogP contribution in [0.4, 0.5) is 22.7 Å². The second-order valence-electron chi connectivity index (χ2n) is 6.71. The molecule has 3 amide bonds. The highest BCUT2D eigenvalue weighted by atomic mass is 16.2. The molecule has 0 saturated heterocycles. The number of carbonyl (C=O) groups excluding carboxylic acids is 3. The average Bonchev–Trinajstić information content (AvgIpc) is 2.70. The summed E-state index contributed by atoms with van der Waals surface area (Å²) in [5.74, 6) is -0.297. The van der Waals surface area contributed by atoms with E-state index >= 15 is 0 Å². The highest BCUT2D eigenvalue weighted by Crippen LogP contribution is 2.20. The van der Waals surface area contributed by atoms with E-state index < -0.39 is 0 Å². The van der Waals surface area contributed by atoms with Crippen LogP contribution >= 0.6 is 0 Å². The van der Waals surface area contributed by atoms with Crippen LogP contribution in [0.3, 0.4) is 0 Å². The fourth-order valence-electron chi connectivity index (χ4n) is 2.58. The summed E-state index contributed by atoms with van der Waals surface area (Å²) < 4.78 is 0. The van der Waals surface area contributed by atoms with Crippen LogP contribution in [0.2, 0.25) is 0 Å². The van der Waals surface area contributed by atoms with Crippen molar-refractivity contribution in [3.8, 4) is 0 Å². The van der Waals surface area contributed by atoms with Crippen molar-refractivity contribution in [2.45, 2.75) is 40.0 Å². The first-order chi connectivity index (χ1) is 13.9. The van der Waals surface area contributed by atoms with E-state index in [0.29, 0.717) is 24.2 Å². The van der Waals surface area contributed by atoms with Gasteiger partial charge in [0.2, 0.25) is 17.7 Å².